The van der Waals surface area contributed by atoms with Gasteiger partial charge in [0.1, 0.15) is 5.75 Å². The summed E-state index contributed by atoms with van der Waals surface area (Å²) in [6, 6.07) is 8.16. The summed E-state index contributed by atoms with van der Waals surface area (Å²) >= 11 is 0. The number of carbonyl (C=O) groups is 1. The van der Waals surface area contributed by atoms with E-state index >= 15 is 0 Å². The van der Waals surface area contributed by atoms with E-state index in [4.69, 9.17) is 9.84 Å². The second kappa shape index (κ2) is 16.0. The number of unbranched alkanes of at least 4 members (excludes halogenated alkanes) is 5. The number of nitrogens with one attached hydrogen (secondary N) is 1. The fourth-order valence-electron chi connectivity index (χ4n) is 4.06. The van der Waals surface area contributed by atoms with Crippen LogP contribution in [0.15, 0.2) is 24.3 Å². The second-order valence-corrected chi connectivity index (χ2v) is 8.61. The van der Waals surface area contributed by atoms with Crippen LogP contribution < -0.4 is 10.1 Å². The molecule has 1 aliphatic rings. The average Bonchev–Trinajstić information content (AvgIpc) is 3.28. The fourth-order valence-corrected chi connectivity index (χ4v) is 4.06. The molecular weight excluding hydrogens is 395 g/mol. The van der Waals surface area contributed by atoms with Crippen LogP contribution in [-0.2, 0) is 11.2 Å². The van der Waals surface area contributed by atoms with Crippen molar-refractivity contribution in [2.45, 2.75) is 76.7 Å². The maximum atomic E-state index is 12.5. The zero-order chi connectivity index (χ0) is 22.2. The topological polar surface area (TPSA) is 61.8 Å². The Labute approximate surface area is 187 Å². The van der Waals surface area contributed by atoms with Crippen LogP contribution in [0.25, 0.3) is 0 Å². The van der Waals surface area contributed by atoms with Crippen molar-refractivity contribution in [3.8, 4) is 5.75 Å². The molecule has 0 bridgehead atoms. The van der Waals surface area contributed by atoms with Crippen molar-refractivity contribution in [2.75, 3.05) is 39.5 Å². The molecule has 31 heavy (non-hydrogen) atoms. The summed E-state index contributed by atoms with van der Waals surface area (Å²) in [6.45, 7) is 3.62. The van der Waals surface area contributed by atoms with Gasteiger partial charge in [0.15, 0.2) is 0 Å². The van der Waals surface area contributed by atoms with E-state index in [1.165, 1.54) is 18.4 Å². The number of aliphatic hydroxyl groups is 1. The molecule has 0 spiro atoms. The summed E-state index contributed by atoms with van der Waals surface area (Å²) in [4.78, 5) is 15.0. The highest BCUT2D eigenvalue weighted by molar-refractivity contribution is 5.76. The number of hydrogen-bond acceptors (Lipinski definition) is 4. The van der Waals surface area contributed by atoms with Crippen LogP contribution in [0.4, 0.5) is 4.39 Å². The molecule has 1 aliphatic heterocycles. The first-order valence-corrected chi connectivity index (χ1v) is 12.1. The van der Waals surface area contributed by atoms with Crippen LogP contribution in [0, 0.1) is 0 Å². The number of halogens is 1. The first kappa shape index (κ1) is 25.6. The van der Waals surface area contributed by atoms with Crippen LogP contribution in [0.2, 0.25) is 0 Å². The van der Waals surface area contributed by atoms with Crippen molar-refractivity contribution in [1.82, 2.24) is 10.2 Å². The maximum Gasteiger partial charge on any atom is 0.220 e. The Hall–Kier alpha value is -1.66. The quantitative estimate of drug-likeness (QED) is 0.358. The summed E-state index contributed by atoms with van der Waals surface area (Å²) in [7, 11) is 0. The second-order valence-electron chi connectivity index (χ2n) is 8.61. The number of nitrogens with zero attached hydrogens (tertiary/aromatic N) is 1. The van der Waals surface area contributed by atoms with Gasteiger partial charge in [-0.25, -0.2) is 0 Å². The average molecular weight is 437 g/mol. The molecule has 1 aromatic carbocycles. The van der Waals surface area contributed by atoms with E-state index in [1.807, 2.05) is 12.1 Å². The smallest absolute Gasteiger partial charge is 0.220 e. The van der Waals surface area contributed by atoms with Gasteiger partial charge in [-0.3, -0.25) is 9.18 Å². The van der Waals surface area contributed by atoms with E-state index in [0.29, 0.717) is 19.4 Å². The van der Waals surface area contributed by atoms with Crippen molar-refractivity contribution in [2.24, 2.45) is 0 Å². The van der Waals surface area contributed by atoms with E-state index in [9.17, 15) is 9.18 Å². The molecule has 0 aromatic heterocycles. The molecule has 0 aliphatic carbocycles. The summed E-state index contributed by atoms with van der Waals surface area (Å²) in [5.74, 6) is 0.947. The highest BCUT2D eigenvalue weighted by Gasteiger charge is 2.19. The largest absolute Gasteiger partial charge is 0.494 e. The van der Waals surface area contributed by atoms with E-state index in [0.717, 1.165) is 70.3 Å². The van der Waals surface area contributed by atoms with Crippen molar-refractivity contribution < 1.29 is 19.0 Å². The normalized spacial score (nSPS) is 15.2. The predicted molar refractivity (Wildman–Crippen MR) is 123 cm³/mol. The molecule has 1 aromatic rings. The molecule has 1 heterocycles. The Bertz CT molecular complexity index is 591. The monoisotopic (exact) mass is 436 g/mol. The number of benzene rings is 1. The van der Waals surface area contributed by atoms with Crippen LogP contribution in [0.1, 0.15) is 69.8 Å². The van der Waals surface area contributed by atoms with Crippen LogP contribution in [0.5, 0.6) is 5.75 Å². The molecule has 0 radical (unpaired) electrons. The van der Waals surface area contributed by atoms with E-state index in [-0.39, 0.29) is 25.2 Å². The standard InChI is InChI=1S/C25H41FN2O3/c26-15-5-9-19-31-24-13-11-22(12-14-24)20-23(21-28-16-6-7-17-28)27-25(30)10-4-2-1-3-8-18-29/h11-14,23,29H,1-10,15-21H2,(H,27,30). The van der Waals surface area contributed by atoms with Gasteiger partial charge >= 0.3 is 0 Å². The van der Waals surface area contributed by atoms with Crippen LogP contribution in [-0.4, -0.2) is 61.5 Å². The highest BCUT2D eigenvalue weighted by atomic mass is 19.1. The van der Waals surface area contributed by atoms with Gasteiger partial charge < -0.3 is 20.1 Å². The lowest BCUT2D eigenvalue weighted by atomic mass is 10.0. The Morgan fingerprint density at radius 1 is 1.03 bits per heavy atom. The molecule has 0 saturated carbocycles. The van der Waals surface area contributed by atoms with Gasteiger partial charge in [-0.15, -0.1) is 0 Å². The minimum absolute atomic E-state index is 0.108. The predicted octanol–water partition coefficient (Wildman–Crippen LogP) is 4.27. The SMILES string of the molecule is O=C(CCCCCCCO)NC(Cc1ccc(OCCCCF)cc1)CN1CCCC1. The highest BCUT2D eigenvalue weighted by Crippen LogP contribution is 2.16. The van der Waals surface area contributed by atoms with E-state index < -0.39 is 0 Å². The number of rotatable bonds is 17. The minimum atomic E-state index is -0.295. The number of alkyl halides is 1. The van der Waals surface area contributed by atoms with E-state index in [2.05, 4.69) is 22.3 Å². The Morgan fingerprint density at radius 3 is 2.45 bits per heavy atom. The minimum Gasteiger partial charge on any atom is -0.494 e. The maximum absolute atomic E-state index is 12.5. The molecule has 1 fully saturated rings. The molecule has 6 heteroatoms. The lowest BCUT2D eigenvalue weighted by Crippen LogP contribution is -2.44. The van der Waals surface area contributed by atoms with Gasteiger partial charge in [-0.05, 0) is 75.7 Å². The fraction of sp³-hybridized carbons (Fsp3) is 0.720. The Kier molecular flexibility index (Phi) is 13.2. The molecule has 1 atom stereocenters. The lowest BCUT2D eigenvalue weighted by Gasteiger charge is -2.25. The van der Waals surface area contributed by atoms with Crippen molar-refractivity contribution in [3.05, 3.63) is 29.8 Å². The van der Waals surface area contributed by atoms with Gasteiger partial charge in [0.25, 0.3) is 0 Å². The molecule has 1 saturated heterocycles. The number of hydrogen-bond donors (Lipinski definition) is 2. The molecule has 5 nitrogen and oxygen atoms in total. The number of amides is 1. The lowest BCUT2D eigenvalue weighted by molar-refractivity contribution is -0.122. The van der Waals surface area contributed by atoms with Crippen molar-refractivity contribution in [1.29, 1.82) is 0 Å². The zero-order valence-electron chi connectivity index (χ0n) is 19.0. The summed E-state index contributed by atoms with van der Waals surface area (Å²) in [5.41, 5.74) is 1.18. The molecule has 1 unspecified atom stereocenters. The number of aliphatic hydroxyl groups excluding tert-OH is 1. The molecule has 176 valence electrons. The number of carbonyl (C=O) groups excluding carboxylic acids is 1. The van der Waals surface area contributed by atoms with Crippen LogP contribution in [0.3, 0.4) is 0 Å². The van der Waals surface area contributed by atoms with Gasteiger partial charge in [-0.1, -0.05) is 31.4 Å². The summed E-state index contributed by atoms with van der Waals surface area (Å²) < 4.78 is 17.8. The third-order valence-electron chi connectivity index (χ3n) is 5.81. The van der Waals surface area contributed by atoms with Gasteiger partial charge in [0.05, 0.1) is 13.3 Å². The molecular formula is C25H41FN2O3. The summed E-state index contributed by atoms with van der Waals surface area (Å²) in [5, 5.41) is 12.1. The van der Waals surface area contributed by atoms with Crippen LogP contribution >= 0.6 is 0 Å². The molecule has 1 amide bonds. The van der Waals surface area contributed by atoms with Gasteiger partial charge in [0.2, 0.25) is 5.91 Å². The van der Waals surface area contributed by atoms with Gasteiger partial charge in [-0.2, -0.15) is 0 Å². The third kappa shape index (κ3) is 11.5. The Balaban J connectivity index is 1.79. The van der Waals surface area contributed by atoms with Crippen molar-refractivity contribution >= 4 is 5.91 Å². The first-order valence-electron chi connectivity index (χ1n) is 12.1. The first-order chi connectivity index (χ1) is 15.2. The molecule has 2 N–H and O–H groups in total. The van der Waals surface area contributed by atoms with Crippen molar-refractivity contribution in [3.63, 3.8) is 0 Å². The zero-order valence-corrected chi connectivity index (χ0v) is 19.0. The number of likely N-dealkylation sites (tertiary alicyclic amines) is 1. The molecule has 2 rings (SSSR count). The third-order valence-corrected chi connectivity index (χ3v) is 5.81. The van der Waals surface area contributed by atoms with E-state index in [1.54, 1.807) is 0 Å². The summed E-state index contributed by atoms with van der Waals surface area (Å²) in [6.07, 6.45) is 10.0. The number of ether oxygens (including phenoxy) is 1. The Morgan fingerprint density at radius 2 is 1.74 bits per heavy atom. The van der Waals surface area contributed by atoms with Gasteiger partial charge in [0, 0.05) is 25.6 Å².